The van der Waals surface area contributed by atoms with Gasteiger partial charge < -0.3 is 16.2 Å². The van der Waals surface area contributed by atoms with E-state index in [0.717, 1.165) is 24.3 Å². The van der Waals surface area contributed by atoms with E-state index in [2.05, 4.69) is 19.2 Å². The first-order chi connectivity index (χ1) is 8.60. The Labute approximate surface area is 115 Å². The molecule has 0 saturated heterocycles. The summed E-state index contributed by atoms with van der Waals surface area (Å²) in [4.78, 5) is 11.7. The van der Waals surface area contributed by atoms with Gasteiger partial charge >= 0.3 is 0 Å². The zero-order valence-electron chi connectivity index (χ0n) is 11.7. The average molecular weight is 276 g/mol. The highest BCUT2D eigenvalue weighted by Gasteiger charge is 2.13. The maximum Gasteiger partial charge on any atom is 0.220 e. The van der Waals surface area contributed by atoms with Crippen molar-refractivity contribution in [3.05, 3.63) is 0 Å². The number of carbonyl (C=O) groups excluding carboxylic acids is 1. The van der Waals surface area contributed by atoms with Crippen molar-refractivity contribution in [1.82, 2.24) is 5.32 Å². The summed E-state index contributed by atoms with van der Waals surface area (Å²) in [7, 11) is 0. The molecule has 0 bridgehead atoms. The number of nitrogens with one attached hydrogen (secondary N) is 1. The smallest absolute Gasteiger partial charge is 0.220 e. The molecule has 0 rings (SSSR count). The monoisotopic (exact) mass is 276 g/mol. The summed E-state index contributed by atoms with van der Waals surface area (Å²) in [6.45, 7) is 5.83. The van der Waals surface area contributed by atoms with Gasteiger partial charge in [0.2, 0.25) is 5.91 Å². The standard InChI is InChI=1S/C13H28N2O2S/c1-11(2)8-12(10-14)9-13(17)15-4-7-18-6-3-5-16/h11-12,16H,3-10,14H2,1-2H3,(H,15,17)/t12-/m0/s1. The van der Waals surface area contributed by atoms with E-state index in [1.54, 1.807) is 11.8 Å². The first-order valence-corrected chi connectivity index (χ1v) is 7.91. The van der Waals surface area contributed by atoms with Crippen LogP contribution in [0.3, 0.4) is 0 Å². The number of aliphatic hydroxyl groups excluding tert-OH is 1. The van der Waals surface area contributed by atoms with Crippen molar-refractivity contribution in [2.75, 3.05) is 31.2 Å². The second kappa shape index (κ2) is 11.8. The molecule has 4 N–H and O–H groups in total. The van der Waals surface area contributed by atoms with E-state index in [0.29, 0.717) is 31.3 Å². The molecule has 0 aromatic heterocycles. The Balaban J connectivity index is 3.56. The fourth-order valence-corrected chi connectivity index (χ4v) is 2.58. The molecule has 0 heterocycles. The van der Waals surface area contributed by atoms with Crippen LogP contribution in [0.5, 0.6) is 0 Å². The zero-order valence-corrected chi connectivity index (χ0v) is 12.5. The Hall–Kier alpha value is -0.260. The number of carbonyl (C=O) groups is 1. The second-order valence-electron chi connectivity index (χ2n) is 4.97. The van der Waals surface area contributed by atoms with Crippen molar-refractivity contribution in [1.29, 1.82) is 0 Å². The molecule has 0 aliphatic heterocycles. The molecule has 0 fully saturated rings. The van der Waals surface area contributed by atoms with Crippen LogP contribution in [0.25, 0.3) is 0 Å². The summed E-state index contributed by atoms with van der Waals surface area (Å²) in [6.07, 6.45) is 2.37. The van der Waals surface area contributed by atoms with Crippen LogP contribution in [0.1, 0.15) is 33.1 Å². The number of rotatable bonds is 11. The van der Waals surface area contributed by atoms with Crippen LogP contribution < -0.4 is 11.1 Å². The van der Waals surface area contributed by atoms with Gasteiger partial charge in [-0.15, -0.1) is 0 Å². The summed E-state index contributed by atoms with van der Waals surface area (Å²) < 4.78 is 0. The van der Waals surface area contributed by atoms with E-state index in [1.807, 2.05) is 0 Å². The van der Waals surface area contributed by atoms with Crippen molar-refractivity contribution in [3.8, 4) is 0 Å². The van der Waals surface area contributed by atoms with Gasteiger partial charge in [0.1, 0.15) is 0 Å². The highest BCUT2D eigenvalue weighted by atomic mass is 32.2. The maximum absolute atomic E-state index is 11.7. The SMILES string of the molecule is CC(C)C[C@H](CN)CC(=O)NCCSCCCO. The van der Waals surface area contributed by atoms with Crippen molar-refractivity contribution < 1.29 is 9.90 Å². The molecular weight excluding hydrogens is 248 g/mol. The molecule has 0 aromatic carbocycles. The maximum atomic E-state index is 11.7. The number of hydrogen-bond donors (Lipinski definition) is 3. The Morgan fingerprint density at radius 3 is 2.67 bits per heavy atom. The van der Waals surface area contributed by atoms with Crippen molar-refractivity contribution in [2.24, 2.45) is 17.6 Å². The summed E-state index contributed by atoms with van der Waals surface area (Å²) in [5.41, 5.74) is 5.67. The van der Waals surface area contributed by atoms with E-state index < -0.39 is 0 Å². The van der Waals surface area contributed by atoms with Gasteiger partial charge in [-0.3, -0.25) is 4.79 Å². The van der Waals surface area contributed by atoms with Gasteiger partial charge in [0.05, 0.1) is 0 Å². The van der Waals surface area contributed by atoms with Crippen LogP contribution in [-0.2, 0) is 4.79 Å². The fraction of sp³-hybridized carbons (Fsp3) is 0.923. The summed E-state index contributed by atoms with van der Waals surface area (Å²) in [6, 6.07) is 0. The summed E-state index contributed by atoms with van der Waals surface area (Å²) >= 11 is 1.76. The molecule has 18 heavy (non-hydrogen) atoms. The fourth-order valence-electron chi connectivity index (χ4n) is 1.80. The third-order valence-corrected chi connectivity index (χ3v) is 3.70. The molecule has 1 atom stereocenters. The van der Waals surface area contributed by atoms with Crippen molar-refractivity contribution in [3.63, 3.8) is 0 Å². The first-order valence-electron chi connectivity index (χ1n) is 6.75. The van der Waals surface area contributed by atoms with E-state index in [9.17, 15) is 4.79 Å². The minimum Gasteiger partial charge on any atom is -0.396 e. The first kappa shape index (κ1) is 17.7. The molecule has 108 valence electrons. The van der Waals surface area contributed by atoms with E-state index in [-0.39, 0.29) is 12.5 Å². The molecule has 0 spiro atoms. The van der Waals surface area contributed by atoms with Gasteiger partial charge in [0.25, 0.3) is 0 Å². The highest BCUT2D eigenvalue weighted by molar-refractivity contribution is 7.99. The average Bonchev–Trinajstić information content (AvgIpc) is 2.32. The Kier molecular flexibility index (Phi) is 11.6. The molecule has 0 aromatic rings. The van der Waals surface area contributed by atoms with Gasteiger partial charge in [-0.05, 0) is 37.0 Å². The molecule has 0 unspecified atom stereocenters. The minimum absolute atomic E-state index is 0.105. The van der Waals surface area contributed by atoms with Crippen LogP contribution in [0.2, 0.25) is 0 Å². The van der Waals surface area contributed by atoms with E-state index >= 15 is 0 Å². The predicted octanol–water partition coefficient (Wildman–Crippen LogP) is 1.23. The lowest BCUT2D eigenvalue weighted by molar-refractivity contribution is -0.121. The van der Waals surface area contributed by atoms with Crippen LogP contribution in [0, 0.1) is 11.8 Å². The number of nitrogens with two attached hydrogens (primary N) is 1. The summed E-state index contributed by atoms with van der Waals surface area (Å²) in [5, 5.41) is 11.5. The molecule has 0 saturated carbocycles. The third-order valence-electron chi connectivity index (χ3n) is 2.63. The van der Waals surface area contributed by atoms with Gasteiger partial charge in [-0.25, -0.2) is 0 Å². The van der Waals surface area contributed by atoms with Gasteiger partial charge in [0, 0.05) is 25.3 Å². The molecular formula is C13H28N2O2S. The second-order valence-corrected chi connectivity index (χ2v) is 6.20. The molecule has 0 radical (unpaired) electrons. The van der Waals surface area contributed by atoms with Gasteiger partial charge in [-0.1, -0.05) is 13.8 Å². The highest BCUT2D eigenvalue weighted by Crippen LogP contribution is 2.13. The number of aliphatic hydroxyl groups is 1. The lowest BCUT2D eigenvalue weighted by Crippen LogP contribution is -2.30. The molecule has 0 aliphatic carbocycles. The molecule has 0 aliphatic rings. The van der Waals surface area contributed by atoms with Crippen LogP contribution in [0.15, 0.2) is 0 Å². The molecule has 4 nitrogen and oxygen atoms in total. The normalized spacial score (nSPS) is 12.7. The van der Waals surface area contributed by atoms with Crippen LogP contribution in [-0.4, -0.2) is 42.2 Å². The Morgan fingerprint density at radius 2 is 2.11 bits per heavy atom. The van der Waals surface area contributed by atoms with E-state index in [1.165, 1.54) is 0 Å². The topological polar surface area (TPSA) is 75.4 Å². The van der Waals surface area contributed by atoms with Crippen molar-refractivity contribution >= 4 is 17.7 Å². The Bertz CT molecular complexity index is 213. The van der Waals surface area contributed by atoms with Crippen molar-refractivity contribution in [2.45, 2.75) is 33.1 Å². The third kappa shape index (κ3) is 10.9. The lowest BCUT2D eigenvalue weighted by atomic mass is 9.94. The zero-order chi connectivity index (χ0) is 13.8. The number of hydrogen-bond acceptors (Lipinski definition) is 4. The largest absolute Gasteiger partial charge is 0.396 e. The summed E-state index contributed by atoms with van der Waals surface area (Å²) in [5.74, 6) is 2.84. The van der Waals surface area contributed by atoms with Crippen LogP contribution >= 0.6 is 11.8 Å². The number of thioether (sulfide) groups is 1. The van der Waals surface area contributed by atoms with E-state index in [4.69, 9.17) is 10.8 Å². The Morgan fingerprint density at radius 1 is 1.39 bits per heavy atom. The lowest BCUT2D eigenvalue weighted by Gasteiger charge is -2.16. The molecule has 5 heteroatoms. The molecule has 1 amide bonds. The van der Waals surface area contributed by atoms with Gasteiger partial charge in [0.15, 0.2) is 0 Å². The van der Waals surface area contributed by atoms with Gasteiger partial charge in [-0.2, -0.15) is 11.8 Å². The number of amides is 1. The minimum atomic E-state index is 0.105. The quantitative estimate of drug-likeness (QED) is 0.496. The van der Waals surface area contributed by atoms with Crippen LogP contribution in [0.4, 0.5) is 0 Å². The predicted molar refractivity (Wildman–Crippen MR) is 78.7 cm³/mol.